The van der Waals surface area contributed by atoms with E-state index in [9.17, 15) is 8.42 Å². The minimum Gasteiger partial charge on any atom is -0.387 e. The number of benzene rings is 1. The van der Waals surface area contributed by atoms with E-state index in [2.05, 4.69) is 5.32 Å². The SMILES string of the molecule is CNc1c(C)cc(C#N)cc1S(N)(=O)=O. The highest BCUT2D eigenvalue weighted by Crippen LogP contribution is 2.25. The van der Waals surface area contributed by atoms with Gasteiger partial charge in [0, 0.05) is 7.05 Å². The van der Waals surface area contributed by atoms with Crippen molar-refractivity contribution in [3.63, 3.8) is 0 Å². The predicted molar refractivity (Wildman–Crippen MR) is 56.8 cm³/mol. The summed E-state index contributed by atoms with van der Waals surface area (Å²) in [5.74, 6) is 0. The maximum absolute atomic E-state index is 11.3. The van der Waals surface area contributed by atoms with Gasteiger partial charge in [-0.15, -0.1) is 0 Å². The van der Waals surface area contributed by atoms with Crippen LogP contribution in [0.15, 0.2) is 17.0 Å². The van der Waals surface area contributed by atoms with E-state index < -0.39 is 10.0 Å². The fourth-order valence-electron chi connectivity index (χ4n) is 1.36. The third-order valence-corrected chi connectivity index (χ3v) is 2.92. The maximum Gasteiger partial charge on any atom is 0.240 e. The minimum absolute atomic E-state index is 0.0541. The monoisotopic (exact) mass is 225 g/mol. The highest BCUT2D eigenvalue weighted by atomic mass is 32.2. The molecule has 0 aromatic heterocycles. The number of nitriles is 1. The molecule has 0 atom stereocenters. The van der Waals surface area contributed by atoms with Crippen LogP contribution in [-0.2, 0) is 10.0 Å². The average molecular weight is 225 g/mol. The average Bonchev–Trinajstić information content (AvgIpc) is 2.15. The van der Waals surface area contributed by atoms with Gasteiger partial charge >= 0.3 is 0 Å². The molecular weight excluding hydrogens is 214 g/mol. The van der Waals surface area contributed by atoms with Crippen molar-refractivity contribution < 1.29 is 8.42 Å². The van der Waals surface area contributed by atoms with E-state index in [1.54, 1.807) is 20.0 Å². The van der Waals surface area contributed by atoms with Gasteiger partial charge in [0.05, 0.1) is 17.3 Å². The zero-order chi connectivity index (χ0) is 11.6. The fraction of sp³-hybridized carbons (Fsp3) is 0.222. The summed E-state index contributed by atoms with van der Waals surface area (Å²) in [6.07, 6.45) is 0. The lowest BCUT2D eigenvalue weighted by Crippen LogP contribution is -2.15. The van der Waals surface area contributed by atoms with Crippen molar-refractivity contribution >= 4 is 15.7 Å². The molecule has 0 unspecified atom stereocenters. The van der Waals surface area contributed by atoms with Gasteiger partial charge in [0.15, 0.2) is 0 Å². The molecule has 1 aromatic rings. The first-order valence-electron chi connectivity index (χ1n) is 4.15. The largest absolute Gasteiger partial charge is 0.387 e. The molecule has 80 valence electrons. The van der Waals surface area contributed by atoms with Gasteiger partial charge in [0.25, 0.3) is 0 Å². The molecule has 0 spiro atoms. The molecule has 0 amide bonds. The summed E-state index contributed by atoms with van der Waals surface area (Å²) in [6, 6.07) is 4.74. The topological polar surface area (TPSA) is 96.0 Å². The van der Waals surface area contributed by atoms with Crippen LogP contribution in [0.5, 0.6) is 0 Å². The normalized spacial score (nSPS) is 10.8. The number of sulfonamides is 1. The van der Waals surface area contributed by atoms with Crippen LogP contribution in [0.25, 0.3) is 0 Å². The molecule has 0 radical (unpaired) electrons. The molecule has 15 heavy (non-hydrogen) atoms. The van der Waals surface area contributed by atoms with Gasteiger partial charge in [0.1, 0.15) is 4.90 Å². The van der Waals surface area contributed by atoms with Crippen molar-refractivity contribution in [3.05, 3.63) is 23.3 Å². The maximum atomic E-state index is 11.3. The van der Waals surface area contributed by atoms with E-state index in [1.807, 2.05) is 6.07 Å². The number of nitrogens with zero attached hydrogens (tertiary/aromatic N) is 1. The Morgan fingerprint density at radius 1 is 1.47 bits per heavy atom. The highest BCUT2D eigenvalue weighted by molar-refractivity contribution is 7.89. The molecule has 0 heterocycles. The van der Waals surface area contributed by atoms with Crippen LogP contribution < -0.4 is 10.5 Å². The Morgan fingerprint density at radius 3 is 2.47 bits per heavy atom. The molecular formula is C9H11N3O2S. The summed E-state index contributed by atoms with van der Waals surface area (Å²) in [5.41, 5.74) is 1.37. The fourth-order valence-corrected chi connectivity index (χ4v) is 2.20. The van der Waals surface area contributed by atoms with Crippen LogP contribution in [0.3, 0.4) is 0 Å². The Kier molecular flexibility index (Phi) is 2.98. The molecule has 0 fully saturated rings. The molecule has 0 saturated carbocycles. The summed E-state index contributed by atoms with van der Waals surface area (Å²) < 4.78 is 22.5. The number of hydrogen-bond acceptors (Lipinski definition) is 4. The molecule has 1 rings (SSSR count). The quantitative estimate of drug-likeness (QED) is 0.768. The Bertz CT molecular complexity index is 529. The van der Waals surface area contributed by atoms with E-state index in [0.717, 1.165) is 0 Å². The van der Waals surface area contributed by atoms with Crippen LogP contribution in [-0.4, -0.2) is 15.5 Å². The Balaban J connectivity index is 3.63. The molecule has 6 heteroatoms. The van der Waals surface area contributed by atoms with Crippen LogP contribution >= 0.6 is 0 Å². The third-order valence-electron chi connectivity index (χ3n) is 1.98. The first-order chi connectivity index (χ1) is 6.90. The lowest BCUT2D eigenvalue weighted by atomic mass is 10.1. The molecule has 0 aliphatic rings. The van der Waals surface area contributed by atoms with Gasteiger partial charge in [0.2, 0.25) is 10.0 Å². The second-order valence-corrected chi connectivity index (χ2v) is 4.60. The highest BCUT2D eigenvalue weighted by Gasteiger charge is 2.16. The number of nitrogens with one attached hydrogen (secondary N) is 1. The minimum atomic E-state index is -3.81. The zero-order valence-corrected chi connectivity index (χ0v) is 9.22. The molecule has 0 bridgehead atoms. The standard InChI is InChI=1S/C9H11N3O2S/c1-6-3-7(5-10)4-8(9(6)12-2)15(11,13)14/h3-4,12H,1-2H3,(H2,11,13,14). The van der Waals surface area contributed by atoms with Crippen molar-refractivity contribution in [2.45, 2.75) is 11.8 Å². The van der Waals surface area contributed by atoms with Gasteiger partial charge in [-0.25, -0.2) is 13.6 Å². The van der Waals surface area contributed by atoms with E-state index in [1.165, 1.54) is 6.07 Å². The first kappa shape index (κ1) is 11.5. The summed E-state index contributed by atoms with van der Waals surface area (Å²) in [6.45, 7) is 1.71. The summed E-state index contributed by atoms with van der Waals surface area (Å²) >= 11 is 0. The Labute approximate surface area is 88.6 Å². The third kappa shape index (κ3) is 2.26. The smallest absolute Gasteiger partial charge is 0.240 e. The predicted octanol–water partition coefficient (Wildman–Crippen LogP) is 0.556. The lowest BCUT2D eigenvalue weighted by molar-refractivity contribution is 0.598. The molecule has 1 aromatic carbocycles. The molecule has 0 aliphatic carbocycles. The summed E-state index contributed by atoms with van der Waals surface area (Å²) in [5, 5.41) is 16.5. The van der Waals surface area contributed by atoms with E-state index >= 15 is 0 Å². The molecule has 3 N–H and O–H groups in total. The van der Waals surface area contributed by atoms with Crippen molar-refractivity contribution in [2.75, 3.05) is 12.4 Å². The summed E-state index contributed by atoms with van der Waals surface area (Å²) in [4.78, 5) is -0.0541. The van der Waals surface area contributed by atoms with Gasteiger partial charge < -0.3 is 5.32 Å². The molecule has 5 nitrogen and oxygen atoms in total. The second-order valence-electron chi connectivity index (χ2n) is 3.07. The van der Waals surface area contributed by atoms with Crippen molar-refractivity contribution in [3.8, 4) is 6.07 Å². The molecule has 0 aliphatic heterocycles. The van der Waals surface area contributed by atoms with Gasteiger partial charge in [-0.1, -0.05) is 0 Å². The first-order valence-corrected chi connectivity index (χ1v) is 5.70. The van der Waals surface area contributed by atoms with Crippen molar-refractivity contribution in [1.29, 1.82) is 5.26 Å². The number of hydrogen-bond donors (Lipinski definition) is 2. The number of anilines is 1. The Morgan fingerprint density at radius 2 is 2.07 bits per heavy atom. The van der Waals surface area contributed by atoms with Gasteiger partial charge in [-0.05, 0) is 24.6 Å². The van der Waals surface area contributed by atoms with E-state index in [4.69, 9.17) is 10.4 Å². The second kappa shape index (κ2) is 3.88. The van der Waals surface area contributed by atoms with Crippen molar-refractivity contribution in [2.24, 2.45) is 5.14 Å². The van der Waals surface area contributed by atoms with Gasteiger partial charge in [-0.2, -0.15) is 5.26 Å². The van der Waals surface area contributed by atoms with Gasteiger partial charge in [-0.3, -0.25) is 0 Å². The Hall–Kier alpha value is -1.58. The zero-order valence-electron chi connectivity index (χ0n) is 8.40. The number of rotatable bonds is 2. The number of aryl methyl sites for hydroxylation is 1. The van der Waals surface area contributed by atoms with E-state index in [0.29, 0.717) is 11.3 Å². The molecule has 0 saturated heterocycles. The van der Waals surface area contributed by atoms with Crippen LogP contribution in [0.2, 0.25) is 0 Å². The van der Waals surface area contributed by atoms with Crippen molar-refractivity contribution in [1.82, 2.24) is 0 Å². The van der Waals surface area contributed by atoms with Crippen LogP contribution in [0, 0.1) is 18.3 Å². The lowest BCUT2D eigenvalue weighted by Gasteiger charge is -2.10. The number of primary sulfonamides is 1. The summed E-state index contributed by atoms with van der Waals surface area (Å²) in [7, 11) is -2.21. The van der Waals surface area contributed by atoms with Crippen LogP contribution in [0.4, 0.5) is 5.69 Å². The van der Waals surface area contributed by atoms with Crippen LogP contribution in [0.1, 0.15) is 11.1 Å². The van der Waals surface area contributed by atoms with E-state index in [-0.39, 0.29) is 10.5 Å². The number of nitrogens with two attached hydrogens (primary N) is 1.